The summed E-state index contributed by atoms with van der Waals surface area (Å²) in [6.07, 6.45) is 0. The molecule has 0 radical (unpaired) electrons. The lowest BCUT2D eigenvalue weighted by molar-refractivity contribution is -0.591. The number of carboxylic acids is 1. The molecule has 0 unspecified atom stereocenters. The molecule has 0 aliphatic carbocycles. The molecular formula is C25H20NO3+. The Bertz CT molecular complexity index is 1190. The summed E-state index contributed by atoms with van der Waals surface area (Å²) in [6.45, 7) is 2.00. The summed E-state index contributed by atoms with van der Waals surface area (Å²) in [5.74, 6) is -1.41. The molecular weight excluding hydrogens is 362 g/mol. The van der Waals surface area contributed by atoms with Gasteiger partial charge in [0.25, 0.3) is 0 Å². The van der Waals surface area contributed by atoms with E-state index in [1.807, 2.05) is 60.0 Å². The Labute approximate surface area is 169 Å². The predicted octanol–water partition coefficient (Wildman–Crippen LogP) is 5.01. The fraction of sp³-hybridized carbons (Fsp3) is 0.0400. The topological polar surface area (TPSA) is 61.4 Å². The van der Waals surface area contributed by atoms with Crippen molar-refractivity contribution in [3.63, 3.8) is 0 Å². The first-order valence-corrected chi connectivity index (χ1v) is 9.29. The van der Waals surface area contributed by atoms with E-state index in [2.05, 4.69) is 24.3 Å². The second-order valence-corrected chi connectivity index (χ2v) is 6.84. The van der Waals surface area contributed by atoms with Crippen LogP contribution in [0.25, 0.3) is 28.1 Å². The monoisotopic (exact) mass is 382 g/mol. The number of aromatic nitrogens is 1. The number of carbonyl (C=O) groups is 1. The number of aromatic carboxylic acids is 1. The van der Waals surface area contributed by atoms with Crippen LogP contribution in [0.15, 0.2) is 91.0 Å². The lowest BCUT2D eigenvalue weighted by Crippen LogP contribution is -2.37. The van der Waals surface area contributed by atoms with Crippen LogP contribution in [0, 0.1) is 6.92 Å². The smallest absolute Gasteiger partial charge is 0.339 e. The number of benzene rings is 3. The Balaban J connectivity index is 1.96. The summed E-state index contributed by atoms with van der Waals surface area (Å²) >= 11 is 0. The zero-order chi connectivity index (χ0) is 20.4. The molecule has 3 aromatic carbocycles. The molecule has 29 heavy (non-hydrogen) atoms. The minimum atomic E-state index is -1.15. The Kier molecular flexibility index (Phi) is 4.83. The van der Waals surface area contributed by atoms with Gasteiger partial charge in [-0.1, -0.05) is 48.5 Å². The molecule has 2 N–H and O–H groups in total. The van der Waals surface area contributed by atoms with Crippen molar-refractivity contribution in [2.45, 2.75) is 6.92 Å². The van der Waals surface area contributed by atoms with Crippen LogP contribution in [0.5, 0.6) is 5.75 Å². The highest BCUT2D eigenvalue weighted by Gasteiger charge is 2.23. The van der Waals surface area contributed by atoms with E-state index in [0.29, 0.717) is 5.69 Å². The molecule has 0 saturated heterocycles. The summed E-state index contributed by atoms with van der Waals surface area (Å²) in [6, 6.07) is 29.0. The average molecular weight is 382 g/mol. The maximum atomic E-state index is 11.3. The molecule has 0 aliphatic rings. The van der Waals surface area contributed by atoms with Crippen LogP contribution in [0.4, 0.5) is 0 Å². The summed E-state index contributed by atoms with van der Waals surface area (Å²) in [5.41, 5.74) is 5.72. The lowest BCUT2D eigenvalue weighted by Gasteiger charge is -2.11. The zero-order valence-electron chi connectivity index (χ0n) is 15.9. The molecule has 4 nitrogen and oxygen atoms in total. The van der Waals surface area contributed by atoms with E-state index in [4.69, 9.17) is 0 Å². The molecule has 0 spiro atoms. The minimum Gasteiger partial charge on any atom is -0.507 e. The summed E-state index contributed by atoms with van der Waals surface area (Å²) < 4.78 is 2.02. The van der Waals surface area contributed by atoms with Crippen LogP contribution in [-0.2, 0) is 0 Å². The minimum absolute atomic E-state index is 0.117. The van der Waals surface area contributed by atoms with Gasteiger partial charge >= 0.3 is 5.97 Å². The normalized spacial score (nSPS) is 10.7. The Morgan fingerprint density at radius 2 is 1.38 bits per heavy atom. The fourth-order valence-electron chi connectivity index (χ4n) is 3.53. The van der Waals surface area contributed by atoms with Crippen molar-refractivity contribution >= 4 is 5.97 Å². The van der Waals surface area contributed by atoms with Crippen LogP contribution < -0.4 is 4.57 Å². The van der Waals surface area contributed by atoms with Gasteiger partial charge in [-0.25, -0.2) is 4.79 Å². The van der Waals surface area contributed by atoms with Crippen LogP contribution in [-0.4, -0.2) is 16.2 Å². The van der Waals surface area contributed by atoms with Crippen molar-refractivity contribution in [2.75, 3.05) is 0 Å². The molecule has 4 heteroatoms. The second kappa shape index (κ2) is 7.60. The molecule has 0 saturated carbocycles. The highest BCUT2D eigenvalue weighted by Crippen LogP contribution is 2.27. The summed E-state index contributed by atoms with van der Waals surface area (Å²) in [7, 11) is 0. The first-order chi connectivity index (χ1) is 14.0. The zero-order valence-corrected chi connectivity index (χ0v) is 15.9. The van der Waals surface area contributed by atoms with E-state index in [-0.39, 0.29) is 11.3 Å². The van der Waals surface area contributed by atoms with Crippen molar-refractivity contribution in [1.82, 2.24) is 0 Å². The SMILES string of the molecule is Cc1cc(-c2ccccc2)cc(-c2ccccc2)[n+]1-c1ccc(C(=O)O)c(O)c1. The number of rotatable bonds is 4. The third-order valence-corrected chi connectivity index (χ3v) is 4.90. The van der Waals surface area contributed by atoms with Gasteiger partial charge in [0.2, 0.25) is 11.4 Å². The molecule has 0 bridgehead atoms. The van der Waals surface area contributed by atoms with Gasteiger partial charge in [0.15, 0.2) is 5.69 Å². The largest absolute Gasteiger partial charge is 0.507 e. The van der Waals surface area contributed by atoms with E-state index in [9.17, 15) is 15.0 Å². The molecule has 0 amide bonds. The molecule has 1 aromatic heterocycles. The molecule has 142 valence electrons. The molecule has 0 fully saturated rings. The van der Waals surface area contributed by atoms with Gasteiger partial charge < -0.3 is 10.2 Å². The average Bonchev–Trinajstić information content (AvgIpc) is 2.74. The third-order valence-electron chi connectivity index (χ3n) is 4.90. The Morgan fingerprint density at radius 3 is 1.97 bits per heavy atom. The third kappa shape index (κ3) is 3.60. The number of carboxylic acid groups (broad SMARTS) is 1. The number of pyridine rings is 1. The molecule has 1 heterocycles. The van der Waals surface area contributed by atoms with Gasteiger partial charge in [0.05, 0.1) is 6.07 Å². The number of phenols is 1. The Hall–Kier alpha value is -3.92. The highest BCUT2D eigenvalue weighted by atomic mass is 16.4. The number of nitrogens with zero attached hydrogens (tertiary/aromatic N) is 1. The van der Waals surface area contributed by atoms with Gasteiger partial charge in [-0.2, -0.15) is 4.57 Å². The number of hydrogen-bond donors (Lipinski definition) is 2. The van der Waals surface area contributed by atoms with Gasteiger partial charge in [0, 0.05) is 30.7 Å². The van der Waals surface area contributed by atoms with E-state index in [1.165, 1.54) is 12.1 Å². The van der Waals surface area contributed by atoms with E-state index in [1.54, 1.807) is 6.07 Å². The summed E-state index contributed by atoms with van der Waals surface area (Å²) in [4.78, 5) is 11.3. The van der Waals surface area contributed by atoms with Gasteiger partial charge in [0.1, 0.15) is 11.3 Å². The molecule has 4 aromatic rings. The predicted molar refractivity (Wildman–Crippen MR) is 112 cm³/mol. The quantitative estimate of drug-likeness (QED) is 0.488. The van der Waals surface area contributed by atoms with Gasteiger partial charge in [-0.3, -0.25) is 0 Å². The van der Waals surface area contributed by atoms with Crippen molar-refractivity contribution in [3.8, 4) is 33.8 Å². The first-order valence-electron chi connectivity index (χ1n) is 9.29. The van der Waals surface area contributed by atoms with Crippen LogP contribution in [0.1, 0.15) is 16.1 Å². The lowest BCUT2D eigenvalue weighted by atomic mass is 10.0. The maximum Gasteiger partial charge on any atom is 0.339 e. The van der Waals surface area contributed by atoms with Crippen molar-refractivity contribution in [1.29, 1.82) is 0 Å². The number of hydrogen-bond acceptors (Lipinski definition) is 2. The Morgan fingerprint density at radius 1 is 0.759 bits per heavy atom. The maximum absolute atomic E-state index is 11.3. The van der Waals surface area contributed by atoms with Crippen molar-refractivity contribution in [2.24, 2.45) is 0 Å². The van der Waals surface area contributed by atoms with Crippen LogP contribution in [0.2, 0.25) is 0 Å². The van der Waals surface area contributed by atoms with E-state index < -0.39 is 5.97 Å². The first kappa shape index (κ1) is 18.4. The highest BCUT2D eigenvalue weighted by molar-refractivity contribution is 5.91. The van der Waals surface area contributed by atoms with Crippen LogP contribution in [0.3, 0.4) is 0 Å². The molecule has 4 rings (SSSR count). The van der Waals surface area contributed by atoms with Crippen molar-refractivity contribution < 1.29 is 19.6 Å². The van der Waals surface area contributed by atoms with E-state index in [0.717, 1.165) is 28.1 Å². The fourth-order valence-corrected chi connectivity index (χ4v) is 3.53. The van der Waals surface area contributed by atoms with Gasteiger partial charge in [-0.05, 0) is 29.3 Å². The van der Waals surface area contributed by atoms with Crippen molar-refractivity contribution in [3.05, 3.63) is 102 Å². The molecule has 0 aliphatic heterocycles. The summed E-state index contributed by atoms with van der Waals surface area (Å²) in [5, 5.41) is 19.4. The molecule has 0 atom stereocenters. The standard InChI is InChI=1S/C25H19NO3/c1-17-14-20(18-8-4-2-5-9-18)15-23(19-10-6-3-7-11-19)26(17)21-12-13-22(25(28)29)24(27)16-21/h2-16H,1H3,(H-,27,28,29)/p+1. The number of aromatic hydroxyl groups is 1. The van der Waals surface area contributed by atoms with Crippen LogP contribution >= 0.6 is 0 Å². The van der Waals surface area contributed by atoms with Gasteiger partial charge in [-0.15, -0.1) is 0 Å². The second-order valence-electron chi connectivity index (χ2n) is 6.84. The van der Waals surface area contributed by atoms with E-state index >= 15 is 0 Å². The number of aryl methyl sites for hydroxylation is 1.